The van der Waals surface area contributed by atoms with Crippen LogP contribution in [-0.2, 0) is 24.0 Å². The fourth-order valence-electron chi connectivity index (χ4n) is 2.17. The quantitative estimate of drug-likeness (QED) is 0.163. The molecule has 8 N–H and O–H groups in total. The first-order valence-electron chi connectivity index (χ1n) is 8.72. The second-order valence-corrected chi connectivity index (χ2v) is 7.03. The third-order valence-corrected chi connectivity index (χ3v) is 3.98. The van der Waals surface area contributed by atoms with Crippen LogP contribution in [0.4, 0.5) is 0 Å². The van der Waals surface area contributed by atoms with Crippen LogP contribution in [0.5, 0.6) is 0 Å². The molecule has 28 heavy (non-hydrogen) atoms. The highest BCUT2D eigenvalue weighted by Crippen LogP contribution is 2.02. The van der Waals surface area contributed by atoms with Crippen LogP contribution < -0.4 is 27.4 Å². The van der Waals surface area contributed by atoms with Crippen molar-refractivity contribution in [1.82, 2.24) is 16.0 Å². The number of thiol groups is 1. The molecule has 0 radical (unpaired) electrons. The van der Waals surface area contributed by atoms with Crippen LogP contribution in [-0.4, -0.2) is 65.1 Å². The van der Waals surface area contributed by atoms with E-state index in [9.17, 15) is 24.0 Å². The second-order valence-electron chi connectivity index (χ2n) is 6.66. The molecule has 12 heteroatoms. The summed E-state index contributed by atoms with van der Waals surface area (Å²) >= 11 is 3.83. The highest BCUT2D eigenvalue weighted by Gasteiger charge is 2.26. The van der Waals surface area contributed by atoms with E-state index in [2.05, 4.69) is 28.6 Å². The summed E-state index contributed by atoms with van der Waals surface area (Å²) in [6, 6.07) is -3.24. The first-order chi connectivity index (χ1) is 13.0. The summed E-state index contributed by atoms with van der Waals surface area (Å²) in [4.78, 5) is 58.1. The van der Waals surface area contributed by atoms with Gasteiger partial charge in [-0.1, -0.05) is 13.8 Å². The molecule has 0 bridgehead atoms. The van der Waals surface area contributed by atoms with Crippen molar-refractivity contribution >= 4 is 42.2 Å². The standard InChI is InChI=1S/C16H29N5O6S/c1-8(2)5-9(17)14(24)19-6-13(23)20-10(3-4-12(18)22)15(25)21-11(7-28)16(26)27/h8-11,28H,3-7,17H2,1-2H3,(H2,18,22)(H,19,24)(H,20,23)(H,21,25)(H,26,27). The third-order valence-electron chi connectivity index (χ3n) is 3.61. The van der Waals surface area contributed by atoms with Gasteiger partial charge in [-0.15, -0.1) is 0 Å². The van der Waals surface area contributed by atoms with Gasteiger partial charge >= 0.3 is 5.97 Å². The van der Waals surface area contributed by atoms with Gasteiger partial charge in [0.05, 0.1) is 12.6 Å². The molecule has 3 atom stereocenters. The van der Waals surface area contributed by atoms with Crippen molar-refractivity contribution in [3.05, 3.63) is 0 Å². The van der Waals surface area contributed by atoms with Gasteiger partial charge in [-0.2, -0.15) is 12.6 Å². The van der Waals surface area contributed by atoms with Crippen molar-refractivity contribution in [2.75, 3.05) is 12.3 Å². The van der Waals surface area contributed by atoms with Crippen molar-refractivity contribution < 1.29 is 29.1 Å². The maximum absolute atomic E-state index is 12.3. The maximum Gasteiger partial charge on any atom is 0.327 e. The number of rotatable bonds is 13. The highest BCUT2D eigenvalue weighted by molar-refractivity contribution is 7.80. The zero-order valence-corrected chi connectivity index (χ0v) is 16.8. The van der Waals surface area contributed by atoms with Crippen LogP contribution in [0.3, 0.4) is 0 Å². The number of carbonyl (C=O) groups is 5. The normalized spacial score (nSPS) is 13.9. The van der Waals surface area contributed by atoms with Crippen molar-refractivity contribution in [3.8, 4) is 0 Å². The Balaban J connectivity index is 4.82. The number of primary amides is 1. The lowest BCUT2D eigenvalue weighted by atomic mass is 10.0. The summed E-state index contributed by atoms with van der Waals surface area (Å²) in [5.41, 5.74) is 10.8. The van der Waals surface area contributed by atoms with Gasteiger partial charge in [0.15, 0.2) is 0 Å². The predicted octanol–water partition coefficient (Wildman–Crippen LogP) is -2.27. The summed E-state index contributed by atoms with van der Waals surface area (Å²) < 4.78 is 0. The Morgan fingerprint density at radius 1 is 1.04 bits per heavy atom. The lowest BCUT2D eigenvalue weighted by molar-refractivity contribution is -0.141. The van der Waals surface area contributed by atoms with Gasteiger partial charge in [-0.05, 0) is 18.8 Å². The van der Waals surface area contributed by atoms with Gasteiger partial charge in [0.25, 0.3) is 0 Å². The molecule has 3 unspecified atom stereocenters. The largest absolute Gasteiger partial charge is 0.480 e. The minimum atomic E-state index is -1.30. The summed E-state index contributed by atoms with van der Waals surface area (Å²) in [5, 5.41) is 15.9. The number of nitrogens with one attached hydrogen (secondary N) is 3. The minimum Gasteiger partial charge on any atom is -0.480 e. The lowest BCUT2D eigenvalue weighted by Gasteiger charge is -2.21. The molecule has 0 aliphatic carbocycles. The van der Waals surface area contributed by atoms with Crippen LogP contribution in [0.25, 0.3) is 0 Å². The van der Waals surface area contributed by atoms with E-state index >= 15 is 0 Å². The van der Waals surface area contributed by atoms with Gasteiger partial charge in [0.1, 0.15) is 12.1 Å². The number of carboxylic acids is 1. The second kappa shape index (κ2) is 12.9. The Kier molecular flexibility index (Phi) is 11.9. The Bertz CT molecular complexity index is 586. The molecule has 0 aromatic heterocycles. The number of hydrogen-bond donors (Lipinski definition) is 7. The number of aliphatic carboxylic acids is 1. The number of carboxylic acid groups (broad SMARTS) is 1. The van der Waals surface area contributed by atoms with Gasteiger partial charge in [-0.3, -0.25) is 19.2 Å². The summed E-state index contributed by atoms with van der Waals surface area (Å²) in [7, 11) is 0. The van der Waals surface area contributed by atoms with Crippen molar-refractivity contribution in [2.45, 2.75) is 51.2 Å². The Morgan fingerprint density at radius 3 is 2.11 bits per heavy atom. The smallest absolute Gasteiger partial charge is 0.327 e. The first-order valence-corrected chi connectivity index (χ1v) is 9.36. The minimum absolute atomic E-state index is 0.132. The Labute approximate surface area is 168 Å². The molecule has 0 rings (SSSR count). The summed E-state index contributed by atoms with van der Waals surface area (Å²) in [6.07, 6.45) is 0.104. The van der Waals surface area contributed by atoms with Crippen LogP contribution in [0.1, 0.15) is 33.1 Å². The fourth-order valence-corrected chi connectivity index (χ4v) is 2.42. The first kappa shape index (κ1) is 25.7. The molecule has 0 saturated heterocycles. The molecule has 0 aliphatic rings. The molecule has 0 saturated carbocycles. The summed E-state index contributed by atoms with van der Waals surface area (Å²) in [5.74, 6) is -3.97. The van der Waals surface area contributed by atoms with Crippen LogP contribution in [0.15, 0.2) is 0 Å². The molecule has 160 valence electrons. The van der Waals surface area contributed by atoms with Crippen molar-refractivity contribution in [1.29, 1.82) is 0 Å². The van der Waals surface area contributed by atoms with Crippen LogP contribution in [0.2, 0.25) is 0 Å². The number of nitrogens with two attached hydrogens (primary N) is 2. The molecule has 0 aromatic rings. The van der Waals surface area contributed by atoms with E-state index in [4.69, 9.17) is 16.6 Å². The molecule has 0 aliphatic heterocycles. The molecule has 0 fully saturated rings. The van der Waals surface area contributed by atoms with Crippen LogP contribution >= 0.6 is 12.6 Å². The van der Waals surface area contributed by atoms with Gasteiger partial charge < -0.3 is 32.5 Å². The lowest BCUT2D eigenvalue weighted by Crippen LogP contribution is -2.54. The van der Waals surface area contributed by atoms with E-state index in [0.717, 1.165) is 0 Å². The SMILES string of the molecule is CC(C)CC(N)C(=O)NCC(=O)NC(CCC(N)=O)C(=O)NC(CS)C(=O)O. The zero-order chi connectivity index (χ0) is 21.9. The average molecular weight is 420 g/mol. The molecular weight excluding hydrogens is 390 g/mol. The van der Waals surface area contributed by atoms with Crippen molar-refractivity contribution in [3.63, 3.8) is 0 Å². The fraction of sp³-hybridized carbons (Fsp3) is 0.688. The Hall–Kier alpha value is -2.34. The van der Waals surface area contributed by atoms with Crippen LogP contribution in [0, 0.1) is 5.92 Å². The van der Waals surface area contributed by atoms with Gasteiger partial charge in [0.2, 0.25) is 23.6 Å². The van der Waals surface area contributed by atoms with E-state index in [1.54, 1.807) is 0 Å². The zero-order valence-electron chi connectivity index (χ0n) is 15.9. The third kappa shape index (κ3) is 10.7. The van der Waals surface area contributed by atoms with E-state index < -0.39 is 54.3 Å². The maximum atomic E-state index is 12.3. The average Bonchev–Trinajstić information content (AvgIpc) is 2.59. The summed E-state index contributed by atoms with van der Waals surface area (Å²) in [6.45, 7) is 3.37. The number of amides is 4. The molecule has 0 spiro atoms. The topological polar surface area (TPSA) is 194 Å². The van der Waals surface area contributed by atoms with Gasteiger partial charge in [0, 0.05) is 12.2 Å². The number of hydrogen-bond acceptors (Lipinski definition) is 7. The van der Waals surface area contributed by atoms with E-state index in [-0.39, 0.29) is 24.5 Å². The monoisotopic (exact) mass is 419 g/mol. The molecule has 4 amide bonds. The van der Waals surface area contributed by atoms with E-state index in [1.807, 2.05) is 13.8 Å². The molecule has 11 nitrogen and oxygen atoms in total. The van der Waals surface area contributed by atoms with E-state index in [0.29, 0.717) is 6.42 Å². The predicted molar refractivity (Wildman–Crippen MR) is 104 cm³/mol. The molecule has 0 heterocycles. The number of carbonyl (C=O) groups excluding carboxylic acids is 4. The molecular formula is C16H29N5O6S. The van der Waals surface area contributed by atoms with Crippen molar-refractivity contribution in [2.24, 2.45) is 17.4 Å². The van der Waals surface area contributed by atoms with Gasteiger partial charge in [-0.25, -0.2) is 4.79 Å². The Morgan fingerprint density at radius 2 is 1.64 bits per heavy atom. The van der Waals surface area contributed by atoms with E-state index in [1.165, 1.54) is 0 Å². The highest BCUT2D eigenvalue weighted by atomic mass is 32.1. The molecule has 0 aromatic carbocycles.